The van der Waals surface area contributed by atoms with Crippen LogP contribution in [0.2, 0.25) is 0 Å². The molecule has 0 heterocycles. The number of rotatable bonds is 9. The minimum atomic E-state index is -3.67. The summed E-state index contributed by atoms with van der Waals surface area (Å²) in [5.74, 6) is -0.332. The number of carbonyl (C=O) groups is 2. The van der Waals surface area contributed by atoms with Gasteiger partial charge in [0.25, 0.3) is 0 Å². The third-order valence-electron chi connectivity index (χ3n) is 5.35. The summed E-state index contributed by atoms with van der Waals surface area (Å²) in [7, 11) is -3.67. The second-order valence-corrected chi connectivity index (χ2v) is 9.27. The minimum Gasteiger partial charge on any atom is -0.457 e. The van der Waals surface area contributed by atoms with Crippen LogP contribution in [-0.4, -0.2) is 33.3 Å². The molecular formula is C23H27NO5S. The van der Waals surface area contributed by atoms with Crippen LogP contribution in [0.25, 0.3) is 0 Å². The first kappa shape index (κ1) is 22.2. The zero-order chi connectivity index (χ0) is 21.4. The van der Waals surface area contributed by atoms with Gasteiger partial charge in [-0.1, -0.05) is 61.7 Å². The lowest BCUT2D eigenvalue weighted by Crippen LogP contribution is -2.27. The normalized spacial score (nSPS) is 14.9. The maximum Gasteiger partial charge on any atom is 0.307 e. The van der Waals surface area contributed by atoms with Crippen molar-refractivity contribution in [1.82, 2.24) is 4.72 Å². The summed E-state index contributed by atoms with van der Waals surface area (Å²) in [4.78, 5) is 24.2. The van der Waals surface area contributed by atoms with Crippen LogP contribution < -0.4 is 4.72 Å². The largest absolute Gasteiger partial charge is 0.457 e. The molecule has 1 N–H and O–H groups in total. The van der Waals surface area contributed by atoms with E-state index in [4.69, 9.17) is 4.74 Å². The van der Waals surface area contributed by atoms with Crippen molar-refractivity contribution in [2.24, 2.45) is 0 Å². The van der Waals surface area contributed by atoms with Gasteiger partial charge in [-0.25, -0.2) is 13.1 Å². The summed E-state index contributed by atoms with van der Waals surface area (Å²) >= 11 is 0. The van der Waals surface area contributed by atoms with Crippen LogP contribution in [0.4, 0.5) is 0 Å². The fourth-order valence-corrected chi connectivity index (χ4v) is 4.70. The second kappa shape index (κ2) is 10.5. The van der Waals surface area contributed by atoms with Crippen LogP contribution in [0.1, 0.15) is 60.4 Å². The van der Waals surface area contributed by atoms with Gasteiger partial charge in [0.1, 0.15) is 0 Å². The molecule has 1 aliphatic carbocycles. The Morgan fingerprint density at radius 1 is 0.933 bits per heavy atom. The summed E-state index contributed by atoms with van der Waals surface area (Å²) in [6.45, 7) is -0.451. The molecule has 1 fully saturated rings. The van der Waals surface area contributed by atoms with Gasteiger partial charge in [-0.2, -0.15) is 0 Å². The zero-order valence-electron chi connectivity index (χ0n) is 16.9. The predicted molar refractivity (Wildman–Crippen MR) is 114 cm³/mol. The van der Waals surface area contributed by atoms with Gasteiger partial charge >= 0.3 is 5.97 Å². The Hall–Kier alpha value is -2.51. The van der Waals surface area contributed by atoms with Gasteiger partial charge in [0, 0.05) is 12.1 Å². The van der Waals surface area contributed by atoms with Crippen molar-refractivity contribution in [2.75, 3.05) is 13.2 Å². The Bertz CT molecular complexity index is 949. The standard InChI is InChI=1S/C23H27NO5S/c25-22(20-13-11-19(12-14-20)18-7-3-1-4-8-18)17-29-23(26)15-16-24-30(27,28)21-9-5-2-6-10-21/h2,5-6,9-14,18,24H,1,3-4,7-8,15-17H2. The van der Waals surface area contributed by atoms with Crippen LogP contribution in [0, 0.1) is 0 Å². The molecule has 1 aliphatic rings. The van der Waals surface area contributed by atoms with Crippen molar-refractivity contribution in [3.63, 3.8) is 0 Å². The Kier molecular flexibility index (Phi) is 7.76. The average Bonchev–Trinajstić information content (AvgIpc) is 2.78. The quantitative estimate of drug-likeness (QED) is 0.483. The second-order valence-electron chi connectivity index (χ2n) is 7.50. The van der Waals surface area contributed by atoms with Gasteiger partial charge in [0.15, 0.2) is 12.4 Å². The minimum absolute atomic E-state index is 0.0969. The first-order valence-corrected chi connectivity index (χ1v) is 11.8. The highest BCUT2D eigenvalue weighted by molar-refractivity contribution is 7.89. The van der Waals surface area contributed by atoms with Crippen molar-refractivity contribution in [1.29, 1.82) is 0 Å². The molecule has 0 amide bonds. The molecule has 6 nitrogen and oxygen atoms in total. The van der Waals surface area contributed by atoms with Gasteiger partial charge in [0.2, 0.25) is 10.0 Å². The molecule has 160 valence electrons. The molecule has 0 bridgehead atoms. The van der Waals surface area contributed by atoms with E-state index in [1.807, 2.05) is 12.1 Å². The third-order valence-corrected chi connectivity index (χ3v) is 6.83. The van der Waals surface area contributed by atoms with Gasteiger partial charge in [-0.05, 0) is 36.5 Å². The molecule has 2 aromatic rings. The van der Waals surface area contributed by atoms with Crippen LogP contribution in [-0.2, 0) is 19.6 Å². The first-order valence-electron chi connectivity index (χ1n) is 10.3. The molecule has 7 heteroatoms. The summed E-state index contributed by atoms with van der Waals surface area (Å²) in [6.07, 6.45) is 6.04. The van der Waals surface area contributed by atoms with Crippen molar-refractivity contribution in [3.8, 4) is 0 Å². The van der Waals surface area contributed by atoms with E-state index < -0.39 is 16.0 Å². The van der Waals surface area contributed by atoms with Crippen LogP contribution >= 0.6 is 0 Å². The molecule has 3 rings (SSSR count). The van der Waals surface area contributed by atoms with Crippen molar-refractivity contribution in [3.05, 3.63) is 65.7 Å². The lowest BCUT2D eigenvalue weighted by Gasteiger charge is -2.22. The molecule has 30 heavy (non-hydrogen) atoms. The number of sulfonamides is 1. The smallest absolute Gasteiger partial charge is 0.307 e. The van der Waals surface area contributed by atoms with Gasteiger partial charge in [-0.3, -0.25) is 9.59 Å². The SMILES string of the molecule is O=C(CCNS(=O)(=O)c1ccccc1)OCC(=O)c1ccc(C2CCCCC2)cc1. The highest BCUT2D eigenvalue weighted by Crippen LogP contribution is 2.32. The Morgan fingerprint density at radius 2 is 1.60 bits per heavy atom. The van der Waals surface area contributed by atoms with E-state index in [0.29, 0.717) is 11.5 Å². The van der Waals surface area contributed by atoms with Crippen molar-refractivity contribution in [2.45, 2.75) is 49.3 Å². The number of esters is 1. The first-order chi connectivity index (χ1) is 14.5. The number of hydrogen-bond acceptors (Lipinski definition) is 5. The van der Waals surface area contributed by atoms with Gasteiger partial charge in [-0.15, -0.1) is 0 Å². The number of carbonyl (C=O) groups excluding carboxylic acids is 2. The average molecular weight is 430 g/mol. The molecule has 0 aromatic heterocycles. The lowest BCUT2D eigenvalue weighted by atomic mass is 9.84. The van der Waals surface area contributed by atoms with E-state index in [1.165, 1.54) is 49.8 Å². The molecule has 0 unspecified atom stereocenters. The van der Waals surface area contributed by atoms with Crippen LogP contribution in [0.3, 0.4) is 0 Å². The van der Waals surface area contributed by atoms with Crippen LogP contribution in [0.15, 0.2) is 59.5 Å². The monoisotopic (exact) mass is 429 g/mol. The molecule has 2 aromatic carbocycles. The summed E-state index contributed by atoms with van der Waals surface area (Å²) < 4.78 is 31.5. The fraction of sp³-hybridized carbons (Fsp3) is 0.391. The van der Waals surface area contributed by atoms with E-state index in [-0.39, 0.29) is 30.3 Å². The number of ketones is 1. The summed E-state index contributed by atoms with van der Waals surface area (Å²) in [6, 6.07) is 15.5. The van der Waals surface area contributed by atoms with Gasteiger partial charge < -0.3 is 4.74 Å². The van der Waals surface area contributed by atoms with Crippen molar-refractivity contribution < 1.29 is 22.7 Å². The van der Waals surface area contributed by atoms with E-state index >= 15 is 0 Å². The molecule has 0 saturated heterocycles. The Labute approximate surface area is 177 Å². The lowest BCUT2D eigenvalue weighted by molar-refractivity contribution is -0.142. The molecule has 0 spiro atoms. The highest BCUT2D eigenvalue weighted by atomic mass is 32.2. The maximum atomic E-state index is 12.3. The molecule has 0 aliphatic heterocycles. The summed E-state index contributed by atoms with van der Waals surface area (Å²) in [5, 5.41) is 0. The number of Topliss-reactive ketones (excluding diaryl/α,β-unsaturated/α-hetero) is 1. The van der Waals surface area contributed by atoms with E-state index in [1.54, 1.807) is 30.3 Å². The fourth-order valence-electron chi connectivity index (χ4n) is 3.65. The highest BCUT2D eigenvalue weighted by Gasteiger charge is 2.17. The van der Waals surface area contributed by atoms with Gasteiger partial charge in [0.05, 0.1) is 11.3 Å². The molecule has 0 radical (unpaired) electrons. The maximum absolute atomic E-state index is 12.3. The predicted octanol–water partition coefficient (Wildman–Crippen LogP) is 3.83. The van der Waals surface area contributed by atoms with E-state index in [2.05, 4.69) is 4.72 Å². The number of nitrogens with one attached hydrogen (secondary N) is 1. The molecule has 0 atom stereocenters. The van der Waals surface area contributed by atoms with Crippen LogP contribution in [0.5, 0.6) is 0 Å². The zero-order valence-corrected chi connectivity index (χ0v) is 17.7. The Balaban J connectivity index is 1.41. The van der Waals surface area contributed by atoms with Crippen molar-refractivity contribution >= 4 is 21.8 Å². The van der Waals surface area contributed by atoms with E-state index in [9.17, 15) is 18.0 Å². The van der Waals surface area contributed by atoms with E-state index in [0.717, 1.165) is 0 Å². The number of hydrogen-bond donors (Lipinski definition) is 1. The molecule has 1 saturated carbocycles. The molecular weight excluding hydrogens is 402 g/mol. The Morgan fingerprint density at radius 3 is 2.27 bits per heavy atom. The number of ether oxygens (including phenoxy) is 1. The summed E-state index contributed by atoms with van der Waals surface area (Å²) in [5.41, 5.74) is 1.76. The number of benzene rings is 2. The topological polar surface area (TPSA) is 89.5 Å². The third kappa shape index (κ3) is 6.24.